The molecule has 1 heterocycles. The maximum absolute atomic E-state index is 11.4. The molecular formula is C11H15N5O2. The van der Waals surface area contributed by atoms with E-state index in [1.165, 1.54) is 6.20 Å². The Kier molecular flexibility index (Phi) is 5.10. The summed E-state index contributed by atoms with van der Waals surface area (Å²) in [5, 5.41) is 15.7. The fourth-order valence-electron chi connectivity index (χ4n) is 1.49. The maximum Gasteiger partial charge on any atom is 0.328 e. The van der Waals surface area contributed by atoms with Crippen LogP contribution in [0.15, 0.2) is 29.6 Å². The third-order valence-corrected chi connectivity index (χ3v) is 2.64. The highest BCUT2D eigenvalue weighted by Gasteiger charge is 2.34. The molecule has 2 N–H and O–H groups in total. The standard InChI is InChI=1S/C11H15N5O2/c1-11(10(17)18,9-4-2-5-13-8-9)14-6-3-7-15-16-12/h2,4-5,8,14H,3,6-7H2,1H3,(H,17,18). The normalized spacial score (nSPS) is 13.4. The summed E-state index contributed by atoms with van der Waals surface area (Å²) in [4.78, 5) is 17.9. The van der Waals surface area contributed by atoms with E-state index in [1.807, 2.05) is 0 Å². The minimum absolute atomic E-state index is 0.340. The van der Waals surface area contributed by atoms with E-state index in [1.54, 1.807) is 25.3 Å². The van der Waals surface area contributed by atoms with Crippen LogP contribution in [0.4, 0.5) is 0 Å². The number of nitrogens with zero attached hydrogens (tertiary/aromatic N) is 4. The van der Waals surface area contributed by atoms with Crippen LogP contribution in [-0.4, -0.2) is 29.1 Å². The topological polar surface area (TPSA) is 111 Å². The molecule has 7 heteroatoms. The molecule has 0 spiro atoms. The van der Waals surface area contributed by atoms with Crippen molar-refractivity contribution in [2.75, 3.05) is 13.1 Å². The maximum atomic E-state index is 11.4. The second-order valence-electron chi connectivity index (χ2n) is 3.91. The van der Waals surface area contributed by atoms with Crippen LogP contribution in [0.1, 0.15) is 18.9 Å². The summed E-state index contributed by atoms with van der Waals surface area (Å²) in [6.45, 7) is 2.36. The number of carbonyl (C=O) groups is 1. The van der Waals surface area contributed by atoms with Crippen LogP contribution in [-0.2, 0) is 10.3 Å². The lowest BCUT2D eigenvalue weighted by atomic mass is 9.93. The van der Waals surface area contributed by atoms with Crippen molar-refractivity contribution in [1.29, 1.82) is 0 Å². The lowest BCUT2D eigenvalue weighted by Crippen LogP contribution is -2.47. The number of nitrogens with one attached hydrogen (secondary N) is 1. The molecule has 0 aromatic carbocycles. The Bertz CT molecular complexity index is 444. The van der Waals surface area contributed by atoms with Crippen molar-refractivity contribution >= 4 is 5.97 Å². The number of aliphatic carboxylic acids is 1. The van der Waals surface area contributed by atoms with E-state index in [4.69, 9.17) is 5.53 Å². The number of pyridine rings is 1. The predicted molar refractivity (Wildman–Crippen MR) is 65.9 cm³/mol. The summed E-state index contributed by atoms with van der Waals surface area (Å²) in [6, 6.07) is 3.40. The van der Waals surface area contributed by atoms with Crippen molar-refractivity contribution in [2.45, 2.75) is 18.9 Å². The van der Waals surface area contributed by atoms with Crippen molar-refractivity contribution in [2.24, 2.45) is 5.11 Å². The molecule has 0 fully saturated rings. The van der Waals surface area contributed by atoms with Gasteiger partial charge in [-0.25, -0.2) is 4.79 Å². The Hall–Kier alpha value is -2.11. The van der Waals surface area contributed by atoms with Crippen LogP contribution in [0.5, 0.6) is 0 Å². The van der Waals surface area contributed by atoms with Gasteiger partial charge in [0.2, 0.25) is 0 Å². The SMILES string of the molecule is CC(NCCCN=[N+]=[N-])(C(=O)O)c1cccnc1. The molecule has 18 heavy (non-hydrogen) atoms. The average Bonchev–Trinajstić information content (AvgIpc) is 2.39. The largest absolute Gasteiger partial charge is 0.480 e. The van der Waals surface area contributed by atoms with Gasteiger partial charge in [-0.1, -0.05) is 11.2 Å². The zero-order chi connectivity index (χ0) is 13.4. The van der Waals surface area contributed by atoms with Gasteiger partial charge in [-0.15, -0.1) is 0 Å². The van der Waals surface area contributed by atoms with Gasteiger partial charge in [0.15, 0.2) is 0 Å². The summed E-state index contributed by atoms with van der Waals surface area (Å²) >= 11 is 0. The first-order valence-corrected chi connectivity index (χ1v) is 5.51. The fraction of sp³-hybridized carbons (Fsp3) is 0.455. The van der Waals surface area contributed by atoms with Gasteiger partial charge >= 0.3 is 5.97 Å². The van der Waals surface area contributed by atoms with Gasteiger partial charge in [0.1, 0.15) is 5.54 Å². The first-order chi connectivity index (χ1) is 8.61. The lowest BCUT2D eigenvalue weighted by molar-refractivity contribution is -0.144. The summed E-state index contributed by atoms with van der Waals surface area (Å²) in [5.74, 6) is -0.973. The molecule has 0 aliphatic carbocycles. The average molecular weight is 249 g/mol. The van der Waals surface area contributed by atoms with E-state index in [2.05, 4.69) is 20.3 Å². The highest BCUT2D eigenvalue weighted by molar-refractivity contribution is 5.80. The lowest BCUT2D eigenvalue weighted by Gasteiger charge is -2.26. The van der Waals surface area contributed by atoms with Gasteiger partial charge in [-0.3, -0.25) is 10.3 Å². The molecule has 1 aromatic heterocycles. The molecule has 0 saturated heterocycles. The molecule has 0 radical (unpaired) electrons. The predicted octanol–water partition coefficient (Wildman–Crippen LogP) is 1.67. The van der Waals surface area contributed by atoms with E-state index in [0.29, 0.717) is 25.1 Å². The van der Waals surface area contributed by atoms with E-state index >= 15 is 0 Å². The van der Waals surface area contributed by atoms with Crippen LogP contribution in [0.25, 0.3) is 10.4 Å². The molecule has 0 bridgehead atoms. The molecule has 7 nitrogen and oxygen atoms in total. The van der Waals surface area contributed by atoms with E-state index < -0.39 is 11.5 Å². The van der Waals surface area contributed by atoms with Crippen LogP contribution in [0, 0.1) is 0 Å². The van der Waals surface area contributed by atoms with Crippen LogP contribution in [0.2, 0.25) is 0 Å². The minimum atomic E-state index is -1.19. The Morgan fingerprint density at radius 2 is 2.50 bits per heavy atom. The Morgan fingerprint density at radius 3 is 3.06 bits per heavy atom. The van der Waals surface area contributed by atoms with Crippen molar-refractivity contribution < 1.29 is 9.90 Å². The van der Waals surface area contributed by atoms with Crippen molar-refractivity contribution in [3.8, 4) is 0 Å². The molecule has 1 rings (SSSR count). The van der Waals surface area contributed by atoms with Crippen molar-refractivity contribution in [3.05, 3.63) is 40.5 Å². The molecule has 1 unspecified atom stereocenters. The summed E-state index contributed by atoms with van der Waals surface area (Å²) in [6.07, 6.45) is 3.69. The third-order valence-electron chi connectivity index (χ3n) is 2.64. The molecule has 1 atom stereocenters. The van der Waals surface area contributed by atoms with Crippen LogP contribution >= 0.6 is 0 Å². The van der Waals surface area contributed by atoms with Gasteiger partial charge in [-0.2, -0.15) is 0 Å². The molecule has 0 aliphatic heterocycles. The van der Waals surface area contributed by atoms with Gasteiger partial charge in [0.25, 0.3) is 0 Å². The van der Waals surface area contributed by atoms with Gasteiger partial charge in [-0.05, 0) is 31.5 Å². The monoisotopic (exact) mass is 249 g/mol. The molecule has 1 aromatic rings. The van der Waals surface area contributed by atoms with Gasteiger partial charge < -0.3 is 5.11 Å². The molecule has 0 saturated carbocycles. The van der Waals surface area contributed by atoms with Gasteiger partial charge in [0, 0.05) is 29.4 Å². The first-order valence-electron chi connectivity index (χ1n) is 5.51. The molecule has 0 amide bonds. The number of carboxylic acid groups (broad SMARTS) is 1. The Balaban J connectivity index is 2.70. The second-order valence-corrected chi connectivity index (χ2v) is 3.91. The zero-order valence-corrected chi connectivity index (χ0v) is 10.1. The summed E-state index contributed by atoms with van der Waals surface area (Å²) in [5.41, 5.74) is 7.52. The third kappa shape index (κ3) is 3.44. The number of aromatic nitrogens is 1. The molecule has 0 aliphatic rings. The van der Waals surface area contributed by atoms with E-state index in [9.17, 15) is 9.90 Å². The summed E-state index contributed by atoms with van der Waals surface area (Å²) < 4.78 is 0. The highest BCUT2D eigenvalue weighted by Crippen LogP contribution is 2.19. The Labute approximate surface area is 104 Å². The Morgan fingerprint density at radius 1 is 1.72 bits per heavy atom. The molecule has 96 valence electrons. The van der Waals surface area contributed by atoms with Crippen molar-refractivity contribution in [1.82, 2.24) is 10.3 Å². The van der Waals surface area contributed by atoms with Crippen LogP contribution in [0.3, 0.4) is 0 Å². The number of hydrogen-bond acceptors (Lipinski definition) is 4. The number of azide groups is 1. The second kappa shape index (κ2) is 6.58. The van der Waals surface area contributed by atoms with E-state index in [0.717, 1.165) is 0 Å². The highest BCUT2D eigenvalue weighted by atomic mass is 16.4. The zero-order valence-electron chi connectivity index (χ0n) is 10.1. The number of carboxylic acids is 1. The van der Waals surface area contributed by atoms with Gasteiger partial charge in [0.05, 0.1) is 0 Å². The summed E-state index contributed by atoms with van der Waals surface area (Å²) in [7, 11) is 0. The molecular weight excluding hydrogens is 234 g/mol. The smallest absolute Gasteiger partial charge is 0.328 e. The van der Waals surface area contributed by atoms with Crippen molar-refractivity contribution in [3.63, 3.8) is 0 Å². The number of rotatable bonds is 7. The minimum Gasteiger partial charge on any atom is -0.480 e. The fourth-order valence-corrected chi connectivity index (χ4v) is 1.49. The number of hydrogen-bond donors (Lipinski definition) is 2. The van der Waals surface area contributed by atoms with Crippen LogP contribution < -0.4 is 5.32 Å². The first kappa shape index (κ1) is 14.0. The van der Waals surface area contributed by atoms with E-state index in [-0.39, 0.29) is 0 Å². The quantitative estimate of drug-likeness (QED) is 0.331.